The van der Waals surface area contributed by atoms with Crippen molar-refractivity contribution in [2.45, 2.75) is 32.1 Å². The predicted octanol–water partition coefficient (Wildman–Crippen LogP) is 4.42. The van der Waals surface area contributed by atoms with Crippen LogP contribution in [-0.2, 0) is 5.41 Å². The number of hydrogen-bond acceptors (Lipinski definition) is 5. The van der Waals surface area contributed by atoms with Crippen molar-refractivity contribution in [3.8, 4) is 0 Å². The van der Waals surface area contributed by atoms with Gasteiger partial charge in [-0.1, -0.05) is 37.3 Å². The van der Waals surface area contributed by atoms with E-state index in [9.17, 15) is 9.59 Å². The van der Waals surface area contributed by atoms with Crippen molar-refractivity contribution >= 4 is 23.2 Å². The maximum Gasteiger partial charge on any atom is 0.272 e. The molecule has 1 N–H and O–H groups in total. The monoisotopic (exact) mass is 457 g/mol. The van der Waals surface area contributed by atoms with Gasteiger partial charge >= 0.3 is 0 Å². The molecule has 1 saturated heterocycles. The summed E-state index contributed by atoms with van der Waals surface area (Å²) in [5.74, 6) is 0.438. The van der Waals surface area contributed by atoms with E-state index in [2.05, 4.69) is 22.2 Å². The molecule has 0 aliphatic carbocycles. The molecule has 0 bridgehead atoms. The smallest absolute Gasteiger partial charge is 0.272 e. The van der Waals surface area contributed by atoms with Crippen LogP contribution < -0.4 is 5.32 Å². The molecule has 0 saturated carbocycles. The molecular weight excluding hydrogens is 426 g/mol. The van der Waals surface area contributed by atoms with Crippen LogP contribution in [0.5, 0.6) is 0 Å². The van der Waals surface area contributed by atoms with Gasteiger partial charge in [0.1, 0.15) is 11.5 Å². The van der Waals surface area contributed by atoms with Gasteiger partial charge in [-0.05, 0) is 50.1 Å². The van der Waals surface area contributed by atoms with Gasteiger partial charge in [-0.25, -0.2) is 9.97 Å². The van der Waals surface area contributed by atoms with Crippen molar-refractivity contribution in [2.75, 3.05) is 32.5 Å². The molecule has 2 heterocycles. The highest BCUT2D eigenvalue weighted by Gasteiger charge is 2.38. The van der Waals surface area contributed by atoms with E-state index in [1.165, 1.54) is 4.90 Å². The van der Waals surface area contributed by atoms with Gasteiger partial charge in [-0.3, -0.25) is 9.59 Å². The van der Waals surface area contributed by atoms with Crippen LogP contribution in [0, 0.1) is 6.92 Å². The summed E-state index contributed by atoms with van der Waals surface area (Å²) in [6, 6.07) is 19.1. The average Bonchev–Trinajstić information content (AvgIpc) is 2.83. The topological polar surface area (TPSA) is 78.4 Å². The summed E-state index contributed by atoms with van der Waals surface area (Å²) >= 11 is 0. The van der Waals surface area contributed by atoms with Crippen molar-refractivity contribution in [1.29, 1.82) is 0 Å². The van der Waals surface area contributed by atoms with Crippen LogP contribution in [0.4, 0.5) is 11.4 Å². The van der Waals surface area contributed by atoms with Crippen LogP contribution >= 0.6 is 0 Å². The summed E-state index contributed by atoms with van der Waals surface area (Å²) in [4.78, 5) is 38.9. The number of aryl methyl sites for hydroxylation is 1. The minimum absolute atomic E-state index is 0.0257. The first kappa shape index (κ1) is 23.4. The van der Waals surface area contributed by atoms with Crippen LogP contribution in [0.15, 0.2) is 60.7 Å². The Morgan fingerprint density at radius 2 is 1.74 bits per heavy atom. The Labute approximate surface area is 200 Å². The van der Waals surface area contributed by atoms with Crippen LogP contribution in [-0.4, -0.2) is 58.8 Å². The number of anilines is 2. The SMILES string of the molecule is Cc1cc(C(=O)N(C)C)nc([C@@]2(C)CCCN(C(=O)c3ccccc3Nc3ccccc3)C2)n1. The van der Waals surface area contributed by atoms with Gasteiger partial charge in [0.15, 0.2) is 0 Å². The highest BCUT2D eigenvalue weighted by Crippen LogP contribution is 2.33. The molecule has 1 aromatic heterocycles. The average molecular weight is 458 g/mol. The van der Waals surface area contributed by atoms with E-state index in [4.69, 9.17) is 0 Å². The van der Waals surface area contributed by atoms with Gasteiger partial charge in [0.2, 0.25) is 0 Å². The lowest BCUT2D eigenvalue weighted by molar-refractivity contribution is 0.0643. The lowest BCUT2D eigenvalue weighted by Crippen LogP contribution is -2.48. The molecule has 1 atom stereocenters. The van der Waals surface area contributed by atoms with E-state index in [-0.39, 0.29) is 11.8 Å². The second-order valence-corrected chi connectivity index (χ2v) is 9.35. The first-order chi connectivity index (χ1) is 16.3. The van der Waals surface area contributed by atoms with Crippen LogP contribution in [0.3, 0.4) is 0 Å². The lowest BCUT2D eigenvalue weighted by Gasteiger charge is -2.39. The number of nitrogens with zero attached hydrogens (tertiary/aromatic N) is 4. The number of hydrogen-bond donors (Lipinski definition) is 1. The first-order valence-corrected chi connectivity index (χ1v) is 11.5. The molecule has 2 amide bonds. The third kappa shape index (κ3) is 4.93. The number of amides is 2. The third-order valence-electron chi connectivity index (χ3n) is 6.21. The van der Waals surface area contributed by atoms with Gasteiger partial charge in [0.05, 0.1) is 11.3 Å². The number of para-hydroxylation sites is 2. The Bertz CT molecular complexity index is 1190. The van der Waals surface area contributed by atoms with Crippen molar-refractivity contribution in [3.63, 3.8) is 0 Å². The zero-order valence-corrected chi connectivity index (χ0v) is 20.2. The Kier molecular flexibility index (Phi) is 6.63. The molecule has 34 heavy (non-hydrogen) atoms. The highest BCUT2D eigenvalue weighted by atomic mass is 16.2. The van der Waals surface area contributed by atoms with E-state index in [1.54, 1.807) is 20.2 Å². The van der Waals surface area contributed by atoms with Gasteiger partial charge in [0.25, 0.3) is 11.8 Å². The largest absolute Gasteiger partial charge is 0.355 e. The number of aromatic nitrogens is 2. The van der Waals surface area contributed by atoms with Gasteiger partial charge in [-0.2, -0.15) is 0 Å². The fourth-order valence-corrected chi connectivity index (χ4v) is 4.40. The normalized spacial score (nSPS) is 17.8. The minimum Gasteiger partial charge on any atom is -0.355 e. The molecule has 7 nitrogen and oxygen atoms in total. The number of piperidine rings is 1. The molecule has 0 radical (unpaired) electrons. The number of benzene rings is 2. The molecule has 7 heteroatoms. The molecule has 2 aromatic carbocycles. The Balaban J connectivity index is 1.60. The fourth-order valence-electron chi connectivity index (χ4n) is 4.40. The molecule has 176 valence electrons. The Morgan fingerprint density at radius 3 is 2.47 bits per heavy atom. The number of carbonyl (C=O) groups excluding carboxylic acids is 2. The molecular formula is C27H31N5O2. The van der Waals surface area contributed by atoms with E-state index in [1.807, 2.05) is 66.4 Å². The number of likely N-dealkylation sites (tertiary alicyclic amines) is 1. The second-order valence-electron chi connectivity index (χ2n) is 9.35. The zero-order chi connectivity index (χ0) is 24.3. The second kappa shape index (κ2) is 9.63. The van der Waals surface area contributed by atoms with Crippen LogP contribution in [0.1, 0.15) is 52.1 Å². The number of nitrogens with one attached hydrogen (secondary N) is 1. The fraction of sp³-hybridized carbons (Fsp3) is 0.333. The number of rotatable bonds is 5. The highest BCUT2D eigenvalue weighted by molar-refractivity contribution is 6.00. The molecule has 0 unspecified atom stereocenters. The molecule has 4 rings (SSSR count). The molecule has 0 spiro atoms. The lowest BCUT2D eigenvalue weighted by atomic mass is 9.80. The minimum atomic E-state index is -0.441. The quantitative estimate of drug-likeness (QED) is 0.613. The Morgan fingerprint density at radius 1 is 1.03 bits per heavy atom. The molecule has 1 fully saturated rings. The summed E-state index contributed by atoms with van der Waals surface area (Å²) in [5.41, 5.74) is 3.02. The predicted molar refractivity (Wildman–Crippen MR) is 133 cm³/mol. The van der Waals surface area contributed by atoms with Crippen molar-refractivity contribution in [3.05, 3.63) is 83.4 Å². The van der Waals surface area contributed by atoms with E-state index in [0.29, 0.717) is 30.2 Å². The summed E-state index contributed by atoms with van der Waals surface area (Å²) in [6.07, 6.45) is 1.69. The maximum absolute atomic E-state index is 13.6. The van der Waals surface area contributed by atoms with Gasteiger partial charge in [-0.15, -0.1) is 0 Å². The van der Waals surface area contributed by atoms with Gasteiger partial charge < -0.3 is 15.1 Å². The summed E-state index contributed by atoms with van der Waals surface area (Å²) in [7, 11) is 3.42. The maximum atomic E-state index is 13.6. The first-order valence-electron chi connectivity index (χ1n) is 11.5. The molecule has 1 aliphatic rings. The summed E-state index contributed by atoms with van der Waals surface area (Å²) in [5, 5.41) is 3.37. The van der Waals surface area contributed by atoms with E-state index in [0.717, 1.165) is 29.9 Å². The van der Waals surface area contributed by atoms with Crippen molar-refractivity contribution < 1.29 is 9.59 Å². The van der Waals surface area contributed by atoms with E-state index >= 15 is 0 Å². The molecule has 1 aliphatic heterocycles. The van der Waals surface area contributed by atoms with Crippen molar-refractivity contribution in [2.24, 2.45) is 0 Å². The van der Waals surface area contributed by atoms with Crippen LogP contribution in [0.25, 0.3) is 0 Å². The van der Waals surface area contributed by atoms with Gasteiger partial charge in [0, 0.05) is 44.0 Å². The zero-order valence-electron chi connectivity index (χ0n) is 20.2. The van der Waals surface area contributed by atoms with Crippen LogP contribution in [0.2, 0.25) is 0 Å². The summed E-state index contributed by atoms with van der Waals surface area (Å²) in [6.45, 7) is 5.12. The summed E-state index contributed by atoms with van der Waals surface area (Å²) < 4.78 is 0. The van der Waals surface area contributed by atoms with Crippen molar-refractivity contribution in [1.82, 2.24) is 19.8 Å². The third-order valence-corrected chi connectivity index (χ3v) is 6.21. The molecule has 3 aromatic rings. The Hall–Kier alpha value is -3.74. The number of carbonyl (C=O) groups is 2. The standard InChI is InChI=1S/C27H31N5O2/c1-19-17-23(25(34)31(3)4)30-26(28-19)27(2)15-10-16-32(18-27)24(33)21-13-8-9-14-22(21)29-20-11-6-5-7-12-20/h5-9,11-14,17,29H,10,15-16,18H2,1-4H3/t27-/m0/s1. The van der Waals surface area contributed by atoms with E-state index < -0.39 is 5.41 Å².